The molecule has 0 unspecified atom stereocenters. The molecule has 0 aromatic heterocycles. The second-order valence-electron chi connectivity index (χ2n) is 2.09. The lowest BCUT2D eigenvalue weighted by Gasteiger charge is -2.22. The van der Waals surface area contributed by atoms with Crippen LogP contribution in [0.2, 0.25) is 0 Å². The van der Waals surface area contributed by atoms with Gasteiger partial charge >= 0.3 is 0 Å². The molecule has 0 rings (SSSR count). The third kappa shape index (κ3) is 1.75. The fourth-order valence-corrected chi connectivity index (χ4v) is 0.643. The van der Waals surface area contributed by atoms with E-state index in [4.69, 9.17) is 0 Å². The van der Waals surface area contributed by atoms with Crippen molar-refractivity contribution in [3.63, 3.8) is 0 Å². The van der Waals surface area contributed by atoms with Crippen molar-refractivity contribution in [2.45, 2.75) is 0 Å². The van der Waals surface area contributed by atoms with Gasteiger partial charge in [0, 0.05) is 4.48 Å². The van der Waals surface area contributed by atoms with Gasteiger partial charge in [-0.25, -0.2) is 13.2 Å². The van der Waals surface area contributed by atoms with E-state index >= 15 is 0 Å². The predicted molar refractivity (Wildman–Crippen MR) is 38.4 cm³/mol. The van der Waals surface area contributed by atoms with Crippen LogP contribution in [-0.4, -0.2) is 20.0 Å². The van der Waals surface area contributed by atoms with E-state index in [-0.39, 0.29) is 4.48 Å². The number of alkyl halides is 3. The van der Waals surface area contributed by atoms with Gasteiger partial charge in [0.1, 0.15) is 20.0 Å². The van der Waals surface area contributed by atoms with Crippen molar-refractivity contribution in [3.8, 4) is 0 Å². The number of allylic oxidation sites excluding steroid dienone is 1. The van der Waals surface area contributed by atoms with E-state index in [1.165, 1.54) is 0 Å². The summed E-state index contributed by atoms with van der Waals surface area (Å²) in [6.07, 6.45) is 0. The van der Waals surface area contributed by atoms with Crippen LogP contribution in [-0.2, 0) is 0 Å². The van der Waals surface area contributed by atoms with E-state index in [2.05, 4.69) is 22.5 Å². The van der Waals surface area contributed by atoms with Crippen LogP contribution >= 0.6 is 15.9 Å². The first-order valence-electron chi connectivity index (χ1n) is 2.65. The molecule has 10 heavy (non-hydrogen) atoms. The minimum absolute atomic E-state index is 0.0347. The molecule has 0 fully saturated rings. The maximum atomic E-state index is 12.0. The second-order valence-corrected chi connectivity index (χ2v) is 3.04. The Labute approximate surface area is 66.2 Å². The second kappa shape index (κ2) is 4.01. The quantitative estimate of drug-likeness (QED) is 0.679. The molecule has 0 heterocycles. The van der Waals surface area contributed by atoms with Gasteiger partial charge in [-0.15, -0.1) is 0 Å². The van der Waals surface area contributed by atoms with Crippen molar-refractivity contribution in [1.29, 1.82) is 0 Å². The van der Waals surface area contributed by atoms with Gasteiger partial charge in [-0.1, -0.05) is 22.5 Å². The minimum Gasteiger partial charge on any atom is -0.250 e. The fourth-order valence-electron chi connectivity index (χ4n) is 0.325. The lowest BCUT2D eigenvalue weighted by Crippen LogP contribution is -2.28. The Hall–Kier alpha value is 0.01000. The summed E-state index contributed by atoms with van der Waals surface area (Å²) in [7, 11) is 0. The topological polar surface area (TPSA) is 0 Å². The van der Waals surface area contributed by atoms with Crippen molar-refractivity contribution in [2.24, 2.45) is 5.41 Å². The van der Waals surface area contributed by atoms with Gasteiger partial charge in [0.2, 0.25) is 0 Å². The first-order valence-corrected chi connectivity index (χ1v) is 3.45. The van der Waals surface area contributed by atoms with Crippen molar-refractivity contribution in [2.75, 3.05) is 20.0 Å². The van der Waals surface area contributed by atoms with Crippen LogP contribution in [0.15, 0.2) is 11.1 Å². The summed E-state index contributed by atoms with van der Waals surface area (Å²) < 4.78 is 36.0. The Kier molecular flexibility index (Phi) is 4.01. The largest absolute Gasteiger partial charge is 0.250 e. The van der Waals surface area contributed by atoms with E-state index in [1.807, 2.05) is 0 Å². The molecule has 60 valence electrons. The Balaban J connectivity index is 4.31. The molecule has 0 aliphatic rings. The van der Waals surface area contributed by atoms with Crippen LogP contribution in [0.1, 0.15) is 0 Å². The van der Waals surface area contributed by atoms with Gasteiger partial charge in [-0.05, 0) is 0 Å². The molecule has 0 nitrogen and oxygen atoms in total. The van der Waals surface area contributed by atoms with Crippen molar-refractivity contribution >= 4 is 15.9 Å². The fraction of sp³-hybridized carbons (Fsp3) is 0.667. The number of rotatable bonds is 4. The predicted octanol–water partition coefficient (Wildman–Crippen LogP) is 2.79. The molecule has 0 saturated carbocycles. The average molecular weight is 217 g/mol. The first kappa shape index (κ1) is 10.0. The zero-order chi connectivity index (χ0) is 8.20. The summed E-state index contributed by atoms with van der Waals surface area (Å²) in [4.78, 5) is 0. The van der Waals surface area contributed by atoms with E-state index in [1.54, 1.807) is 0 Å². The molecule has 0 N–H and O–H groups in total. The number of hydrogen-bond donors (Lipinski definition) is 0. The average Bonchev–Trinajstić information content (AvgIpc) is 1.92. The third-order valence-electron chi connectivity index (χ3n) is 1.34. The molecular weight excluding hydrogens is 209 g/mol. The number of hydrogen-bond acceptors (Lipinski definition) is 0. The summed E-state index contributed by atoms with van der Waals surface area (Å²) >= 11 is 2.76. The van der Waals surface area contributed by atoms with Crippen LogP contribution in [0, 0.1) is 5.41 Å². The summed E-state index contributed by atoms with van der Waals surface area (Å²) in [6.45, 7) is 0.0406. The highest BCUT2D eigenvalue weighted by Gasteiger charge is 2.32. The molecule has 0 spiro atoms. The van der Waals surface area contributed by atoms with Crippen LogP contribution in [0.4, 0.5) is 13.2 Å². The molecule has 0 amide bonds. The Morgan fingerprint density at radius 1 is 1.20 bits per heavy atom. The zero-order valence-corrected chi connectivity index (χ0v) is 6.93. The maximum Gasteiger partial charge on any atom is 0.105 e. The standard InChI is InChI=1S/C6H8BrF3/c1-5(7)6(2-8,3-9)4-10/h1-4H2. The molecule has 0 aromatic carbocycles. The highest BCUT2D eigenvalue weighted by Crippen LogP contribution is 2.32. The molecule has 4 heteroatoms. The maximum absolute atomic E-state index is 12.0. The lowest BCUT2D eigenvalue weighted by molar-refractivity contribution is 0.161. The normalized spacial score (nSPS) is 11.6. The van der Waals surface area contributed by atoms with E-state index in [9.17, 15) is 13.2 Å². The van der Waals surface area contributed by atoms with Crippen LogP contribution in [0.25, 0.3) is 0 Å². The molecule has 0 saturated heterocycles. The molecule has 0 aliphatic carbocycles. The molecule has 0 aromatic rings. The van der Waals surface area contributed by atoms with Gasteiger partial charge in [0.05, 0.1) is 5.41 Å². The van der Waals surface area contributed by atoms with Crippen molar-refractivity contribution in [3.05, 3.63) is 11.1 Å². The van der Waals surface area contributed by atoms with Gasteiger partial charge in [0.25, 0.3) is 0 Å². The van der Waals surface area contributed by atoms with Gasteiger partial charge in [0.15, 0.2) is 0 Å². The van der Waals surface area contributed by atoms with Crippen molar-refractivity contribution in [1.82, 2.24) is 0 Å². The molecule has 0 aliphatic heterocycles. The van der Waals surface area contributed by atoms with Crippen LogP contribution in [0.3, 0.4) is 0 Å². The van der Waals surface area contributed by atoms with Gasteiger partial charge < -0.3 is 0 Å². The molecular formula is C6H8BrF3. The lowest BCUT2D eigenvalue weighted by atomic mass is 9.94. The van der Waals surface area contributed by atoms with Gasteiger partial charge in [-0.3, -0.25) is 0 Å². The van der Waals surface area contributed by atoms with E-state index in [0.717, 1.165) is 0 Å². The number of halogens is 4. The summed E-state index contributed by atoms with van der Waals surface area (Å²) in [6, 6.07) is 0. The third-order valence-corrected chi connectivity index (χ3v) is 2.18. The highest BCUT2D eigenvalue weighted by molar-refractivity contribution is 9.11. The smallest absolute Gasteiger partial charge is 0.105 e. The minimum atomic E-state index is -1.65. The first-order chi connectivity index (χ1) is 4.63. The molecule has 0 atom stereocenters. The summed E-state index contributed by atoms with van der Waals surface area (Å²) in [5, 5.41) is 0. The Morgan fingerprint density at radius 3 is 1.50 bits per heavy atom. The SMILES string of the molecule is C=C(Br)C(CF)(CF)CF. The van der Waals surface area contributed by atoms with Gasteiger partial charge in [-0.2, -0.15) is 0 Å². The molecule has 0 radical (unpaired) electrons. The highest BCUT2D eigenvalue weighted by atomic mass is 79.9. The van der Waals surface area contributed by atoms with Crippen molar-refractivity contribution < 1.29 is 13.2 Å². The monoisotopic (exact) mass is 216 g/mol. The zero-order valence-electron chi connectivity index (χ0n) is 5.34. The van der Waals surface area contributed by atoms with Crippen LogP contribution in [0.5, 0.6) is 0 Å². The van der Waals surface area contributed by atoms with E-state index < -0.39 is 25.4 Å². The Bertz CT molecular complexity index is 112. The summed E-state index contributed by atoms with van der Waals surface area (Å²) in [5.41, 5.74) is -1.65. The van der Waals surface area contributed by atoms with Crippen LogP contribution < -0.4 is 0 Å². The van der Waals surface area contributed by atoms with E-state index in [0.29, 0.717) is 0 Å². The Morgan fingerprint density at radius 2 is 1.50 bits per heavy atom. The molecule has 0 bridgehead atoms. The summed E-state index contributed by atoms with van der Waals surface area (Å²) in [5.74, 6) is 0.